The summed E-state index contributed by atoms with van der Waals surface area (Å²) in [6.45, 7) is 4.97. The number of carbonyl (C=O) groups is 2. The zero-order valence-electron chi connectivity index (χ0n) is 15.6. The van der Waals surface area contributed by atoms with Gasteiger partial charge in [0.15, 0.2) is 4.80 Å². The molecule has 0 fully saturated rings. The van der Waals surface area contributed by atoms with Gasteiger partial charge >= 0.3 is 0 Å². The lowest BCUT2D eigenvalue weighted by atomic mass is 10.2. The van der Waals surface area contributed by atoms with Crippen molar-refractivity contribution in [1.82, 2.24) is 14.8 Å². The number of carbonyl (C=O) groups excluding carboxylic acids is 2. The maximum Gasteiger partial charge on any atom is 0.281 e. The van der Waals surface area contributed by atoms with E-state index in [9.17, 15) is 9.59 Å². The third kappa shape index (κ3) is 5.90. The maximum atomic E-state index is 12.5. The summed E-state index contributed by atoms with van der Waals surface area (Å²) < 4.78 is 1.70. The normalized spacial score (nSPS) is 13.1. The SMILES string of the molecule is Cc1cn(C(C)C(=O)NCCN(C)C)c(=NC(=O)c2ccc(Cl)cc2Cl)s1. The minimum absolute atomic E-state index is 0.131. The number of hydrogen-bond donors (Lipinski definition) is 1. The predicted octanol–water partition coefficient (Wildman–Crippen LogP) is 3.14. The van der Waals surface area contributed by atoms with Crippen molar-refractivity contribution in [3.8, 4) is 0 Å². The molecule has 0 aliphatic rings. The first-order chi connectivity index (χ1) is 12.7. The number of aryl methyl sites for hydroxylation is 1. The van der Waals surface area contributed by atoms with Gasteiger partial charge in [-0.15, -0.1) is 11.3 Å². The summed E-state index contributed by atoms with van der Waals surface area (Å²) in [4.78, 5) is 32.5. The Morgan fingerprint density at radius 3 is 2.67 bits per heavy atom. The molecule has 1 atom stereocenters. The molecule has 0 aliphatic carbocycles. The Morgan fingerprint density at radius 2 is 2.04 bits per heavy atom. The third-order valence-electron chi connectivity index (χ3n) is 3.81. The second kappa shape index (κ2) is 9.50. The second-order valence-electron chi connectivity index (χ2n) is 6.34. The topological polar surface area (TPSA) is 66.7 Å². The lowest BCUT2D eigenvalue weighted by molar-refractivity contribution is -0.123. The van der Waals surface area contributed by atoms with Crippen LogP contribution >= 0.6 is 34.5 Å². The third-order valence-corrected chi connectivity index (χ3v) is 5.27. The fraction of sp³-hybridized carbons (Fsp3) is 0.389. The summed E-state index contributed by atoms with van der Waals surface area (Å²) >= 11 is 13.3. The summed E-state index contributed by atoms with van der Waals surface area (Å²) in [6.07, 6.45) is 1.82. The standard InChI is InChI=1S/C18H22Cl2N4O2S/c1-11-10-24(12(2)16(25)21-7-8-23(3)4)18(27-11)22-17(26)14-6-5-13(19)9-15(14)20/h5-6,9-10,12H,7-8H2,1-4H3,(H,21,25). The number of rotatable bonds is 6. The highest BCUT2D eigenvalue weighted by Crippen LogP contribution is 2.21. The van der Waals surface area contributed by atoms with Gasteiger partial charge in [-0.1, -0.05) is 23.2 Å². The van der Waals surface area contributed by atoms with E-state index in [2.05, 4.69) is 10.3 Å². The molecular formula is C18H22Cl2N4O2S. The summed E-state index contributed by atoms with van der Waals surface area (Å²) in [5, 5.41) is 3.58. The highest BCUT2D eigenvalue weighted by atomic mass is 35.5. The summed E-state index contributed by atoms with van der Waals surface area (Å²) in [6, 6.07) is 4.13. The lowest BCUT2D eigenvalue weighted by Crippen LogP contribution is -2.37. The number of thiazole rings is 1. The molecule has 1 N–H and O–H groups in total. The van der Waals surface area contributed by atoms with Crippen LogP contribution in [0.3, 0.4) is 0 Å². The lowest BCUT2D eigenvalue weighted by Gasteiger charge is -2.15. The molecule has 1 heterocycles. The number of amides is 2. The van der Waals surface area contributed by atoms with Gasteiger partial charge in [0.1, 0.15) is 6.04 Å². The summed E-state index contributed by atoms with van der Waals surface area (Å²) in [7, 11) is 3.88. The molecule has 0 saturated heterocycles. The van der Waals surface area contributed by atoms with Crippen molar-refractivity contribution < 1.29 is 9.59 Å². The van der Waals surface area contributed by atoms with Crippen LogP contribution in [0, 0.1) is 6.92 Å². The van der Waals surface area contributed by atoms with Crippen molar-refractivity contribution in [2.45, 2.75) is 19.9 Å². The van der Waals surface area contributed by atoms with Crippen LogP contribution in [-0.4, -0.2) is 48.5 Å². The molecule has 0 radical (unpaired) electrons. The number of likely N-dealkylation sites (N-methyl/N-ethyl adjacent to an activating group) is 1. The fourth-order valence-electron chi connectivity index (χ4n) is 2.32. The minimum Gasteiger partial charge on any atom is -0.353 e. The molecule has 0 aliphatic heterocycles. The molecule has 0 saturated carbocycles. The Labute approximate surface area is 172 Å². The van der Waals surface area contributed by atoms with Crippen LogP contribution in [0.5, 0.6) is 0 Å². The molecule has 0 spiro atoms. The molecule has 1 unspecified atom stereocenters. The second-order valence-corrected chi connectivity index (χ2v) is 8.40. The molecule has 1 aromatic heterocycles. The van der Waals surface area contributed by atoms with E-state index < -0.39 is 11.9 Å². The summed E-state index contributed by atoms with van der Waals surface area (Å²) in [5.41, 5.74) is 0.266. The zero-order valence-corrected chi connectivity index (χ0v) is 18.0. The van der Waals surface area contributed by atoms with Gasteiger partial charge in [0.25, 0.3) is 5.91 Å². The van der Waals surface area contributed by atoms with Crippen molar-refractivity contribution in [2.24, 2.45) is 4.99 Å². The van der Waals surface area contributed by atoms with E-state index in [1.165, 1.54) is 17.4 Å². The Balaban J connectivity index is 2.27. The molecular weight excluding hydrogens is 407 g/mol. The first-order valence-corrected chi connectivity index (χ1v) is 9.91. The average molecular weight is 429 g/mol. The van der Waals surface area contributed by atoms with Gasteiger partial charge in [0, 0.05) is 29.2 Å². The maximum absolute atomic E-state index is 12.5. The Hall–Kier alpha value is -1.67. The van der Waals surface area contributed by atoms with Crippen molar-refractivity contribution >= 4 is 46.4 Å². The van der Waals surface area contributed by atoms with Crippen LogP contribution in [0.1, 0.15) is 28.2 Å². The highest BCUT2D eigenvalue weighted by molar-refractivity contribution is 7.09. The van der Waals surface area contributed by atoms with Crippen LogP contribution in [0.15, 0.2) is 29.4 Å². The van der Waals surface area contributed by atoms with Gasteiger partial charge in [-0.05, 0) is 46.1 Å². The Bertz CT molecular complexity index is 905. The molecule has 146 valence electrons. The molecule has 27 heavy (non-hydrogen) atoms. The van der Waals surface area contributed by atoms with E-state index >= 15 is 0 Å². The molecule has 2 rings (SSSR count). The van der Waals surface area contributed by atoms with Gasteiger partial charge < -0.3 is 14.8 Å². The molecule has 2 aromatic rings. The quantitative estimate of drug-likeness (QED) is 0.767. The number of nitrogens with one attached hydrogen (secondary N) is 1. The van der Waals surface area contributed by atoms with E-state index in [-0.39, 0.29) is 16.5 Å². The Morgan fingerprint density at radius 1 is 1.33 bits per heavy atom. The van der Waals surface area contributed by atoms with Crippen molar-refractivity contribution in [1.29, 1.82) is 0 Å². The predicted molar refractivity (Wildman–Crippen MR) is 110 cm³/mol. The van der Waals surface area contributed by atoms with Crippen LogP contribution in [0.2, 0.25) is 10.0 Å². The average Bonchev–Trinajstić information content (AvgIpc) is 2.93. The zero-order chi connectivity index (χ0) is 20.1. The van der Waals surface area contributed by atoms with E-state index in [0.717, 1.165) is 11.4 Å². The first-order valence-electron chi connectivity index (χ1n) is 8.34. The van der Waals surface area contributed by atoms with E-state index in [4.69, 9.17) is 23.2 Å². The molecule has 1 aromatic carbocycles. The number of benzene rings is 1. The van der Waals surface area contributed by atoms with E-state index in [1.54, 1.807) is 23.6 Å². The monoisotopic (exact) mass is 428 g/mol. The molecule has 2 amide bonds. The molecule has 6 nitrogen and oxygen atoms in total. The highest BCUT2D eigenvalue weighted by Gasteiger charge is 2.18. The number of hydrogen-bond acceptors (Lipinski definition) is 4. The van der Waals surface area contributed by atoms with E-state index in [0.29, 0.717) is 16.4 Å². The molecule has 9 heteroatoms. The van der Waals surface area contributed by atoms with Gasteiger partial charge in [0.05, 0.1) is 10.6 Å². The van der Waals surface area contributed by atoms with Crippen LogP contribution in [-0.2, 0) is 4.79 Å². The van der Waals surface area contributed by atoms with Crippen molar-refractivity contribution in [3.05, 3.63) is 49.7 Å². The largest absolute Gasteiger partial charge is 0.353 e. The van der Waals surface area contributed by atoms with Gasteiger partial charge in [-0.2, -0.15) is 4.99 Å². The Kier molecular flexibility index (Phi) is 7.61. The van der Waals surface area contributed by atoms with Gasteiger partial charge in [0.2, 0.25) is 5.91 Å². The molecule has 0 bridgehead atoms. The van der Waals surface area contributed by atoms with Crippen LogP contribution in [0.4, 0.5) is 0 Å². The van der Waals surface area contributed by atoms with Crippen molar-refractivity contribution in [3.63, 3.8) is 0 Å². The van der Waals surface area contributed by atoms with Crippen LogP contribution in [0.25, 0.3) is 0 Å². The van der Waals surface area contributed by atoms with Crippen LogP contribution < -0.4 is 10.1 Å². The van der Waals surface area contributed by atoms with Crippen molar-refractivity contribution in [2.75, 3.05) is 27.2 Å². The summed E-state index contributed by atoms with van der Waals surface area (Å²) in [5.74, 6) is -0.611. The number of halogens is 2. The number of aromatic nitrogens is 1. The van der Waals surface area contributed by atoms with Gasteiger partial charge in [-0.25, -0.2) is 0 Å². The smallest absolute Gasteiger partial charge is 0.281 e. The minimum atomic E-state index is -0.496. The van der Waals surface area contributed by atoms with Gasteiger partial charge in [-0.3, -0.25) is 9.59 Å². The number of nitrogens with zero attached hydrogens (tertiary/aromatic N) is 3. The van der Waals surface area contributed by atoms with E-state index in [1.807, 2.05) is 32.1 Å². The first kappa shape index (κ1) is 21.6. The fourth-order valence-corrected chi connectivity index (χ4v) is 3.71.